The summed E-state index contributed by atoms with van der Waals surface area (Å²) in [5.74, 6) is -0.186. The number of hydrogen-bond donors (Lipinski definition) is 2. The molecule has 0 radical (unpaired) electrons. The Kier molecular flexibility index (Phi) is 31.2. The fourth-order valence-corrected chi connectivity index (χ4v) is 6.16. The standard InChI is InChI=1S/C39H77N2O6P/c1-6-8-10-12-14-16-18-20-21-23-25-27-29-31-33-39(43)40-37(36-47-48(44,45)46-35-34-41(3,4)5)38(42)32-30-28-26-24-22-19-17-15-13-11-9-7-2/h18,20,22,24,37-38,42H,6-17,19,21,23,25-36H2,1-5H3,(H-,40,43,44,45)/b20-18+,24-22+/t37-,38+/m0/s1. The Hall–Kier alpha value is -1.02. The number of aliphatic hydroxyl groups is 1. The van der Waals surface area contributed by atoms with Crippen molar-refractivity contribution < 1.29 is 32.9 Å². The minimum Gasteiger partial charge on any atom is -0.756 e. The number of nitrogens with one attached hydrogen (secondary N) is 1. The molecule has 0 aliphatic carbocycles. The summed E-state index contributed by atoms with van der Waals surface area (Å²) in [6.45, 7) is 4.65. The summed E-state index contributed by atoms with van der Waals surface area (Å²) in [6.07, 6.45) is 34.6. The molecule has 0 aromatic carbocycles. The van der Waals surface area contributed by atoms with Crippen LogP contribution < -0.4 is 10.2 Å². The first-order valence-corrected chi connectivity index (χ1v) is 21.1. The van der Waals surface area contributed by atoms with Crippen LogP contribution in [0.25, 0.3) is 0 Å². The molecule has 0 heterocycles. The molecule has 0 aliphatic rings. The number of phosphoric ester groups is 1. The Balaban J connectivity index is 4.51. The number of rotatable bonds is 35. The number of unbranched alkanes of at least 4 members (excludes halogenated alkanes) is 18. The number of phosphoric acid groups is 1. The molecule has 0 rings (SSSR count). The molecule has 0 saturated carbocycles. The SMILES string of the molecule is CCCCCCC/C=C/CCCCCCCC(=O)N[C@@H](COP(=O)([O-])OCC[N+](C)(C)C)[C@H](O)CCCC/C=C/CCCCCCCC. The number of quaternary nitrogens is 1. The first-order valence-electron chi connectivity index (χ1n) is 19.7. The van der Waals surface area contributed by atoms with E-state index in [-0.39, 0.29) is 19.1 Å². The van der Waals surface area contributed by atoms with E-state index in [0.29, 0.717) is 23.9 Å². The van der Waals surface area contributed by atoms with Gasteiger partial charge < -0.3 is 28.8 Å². The molecule has 0 aliphatic heterocycles. The van der Waals surface area contributed by atoms with Gasteiger partial charge in [0.2, 0.25) is 5.91 Å². The van der Waals surface area contributed by atoms with Crippen LogP contribution in [0.2, 0.25) is 0 Å². The molecule has 0 aromatic rings. The molecule has 3 atom stereocenters. The molecule has 8 nitrogen and oxygen atoms in total. The van der Waals surface area contributed by atoms with Gasteiger partial charge in [-0.25, -0.2) is 0 Å². The number of allylic oxidation sites excluding steroid dienone is 4. The maximum absolute atomic E-state index is 12.8. The van der Waals surface area contributed by atoms with Gasteiger partial charge in [0.1, 0.15) is 13.2 Å². The fourth-order valence-electron chi connectivity index (χ4n) is 5.44. The van der Waals surface area contributed by atoms with Crippen LogP contribution in [0.5, 0.6) is 0 Å². The van der Waals surface area contributed by atoms with Gasteiger partial charge in [0.05, 0.1) is 39.9 Å². The summed E-state index contributed by atoms with van der Waals surface area (Å²) < 4.78 is 23.1. The summed E-state index contributed by atoms with van der Waals surface area (Å²) in [5, 5.41) is 13.8. The van der Waals surface area contributed by atoms with Crippen LogP contribution in [0.1, 0.15) is 168 Å². The first-order chi connectivity index (χ1) is 23.0. The van der Waals surface area contributed by atoms with E-state index >= 15 is 0 Å². The van der Waals surface area contributed by atoms with Crippen LogP contribution in [0, 0.1) is 0 Å². The molecule has 48 heavy (non-hydrogen) atoms. The van der Waals surface area contributed by atoms with Crippen molar-refractivity contribution in [1.82, 2.24) is 5.32 Å². The second-order valence-electron chi connectivity index (χ2n) is 14.6. The predicted molar refractivity (Wildman–Crippen MR) is 201 cm³/mol. The maximum atomic E-state index is 12.8. The average Bonchev–Trinajstić information content (AvgIpc) is 3.02. The number of hydrogen-bond acceptors (Lipinski definition) is 6. The highest BCUT2D eigenvalue weighted by Gasteiger charge is 2.24. The predicted octanol–water partition coefficient (Wildman–Crippen LogP) is 9.55. The average molecular weight is 701 g/mol. The molecule has 2 N–H and O–H groups in total. The van der Waals surface area contributed by atoms with Crippen LogP contribution in [-0.2, 0) is 18.4 Å². The molecule has 0 fully saturated rings. The van der Waals surface area contributed by atoms with E-state index in [1.807, 2.05) is 21.1 Å². The van der Waals surface area contributed by atoms with Gasteiger partial charge in [0, 0.05) is 6.42 Å². The second kappa shape index (κ2) is 31.9. The van der Waals surface area contributed by atoms with E-state index in [9.17, 15) is 19.4 Å². The number of likely N-dealkylation sites (N-methyl/N-ethyl adjacent to an activating group) is 1. The van der Waals surface area contributed by atoms with Crippen molar-refractivity contribution >= 4 is 13.7 Å². The number of nitrogens with zero attached hydrogens (tertiary/aromatic N) is 1. The normalized spacial score (nSPS) is 14.9. The molecule has 1 amide bonds. The molecule has 0 spiro atoms. The van der Waals surface area contributed by atoms with Crippen molar-refractivity contribution in [3.8, 4) is 0 Å². The third-order valence-corrected chi connectivity index (χ3v) is 9.63. The van der Waals surface area contributed by atoms with E-state index in [2.05, 4.69) is 43.5 Å². The second-order valence-corrected chi connectivity index (χ2v) is 16.0. The highest BCUT2D eigenvalue weighted by atomic mass is 31.2. The van der Waals surface area contributed by atoms with Crippen molar-refractivity contribution in [1.29, 1.82) is 0 Å². The molecule has 9 heteroatoms. The summed E-state index contributed by atoms with van der Waals surface area (Å²) >= 11 is 0. The quantitative estimate of drug-likeness (QED) is 0.0295. The van der Waals surface area contributed by atoms with Crippen LogP contribution in [0.15, 0.2) is 24.3 Å². The Labute approximate surface area is 296 Å². The van der Waals surface area contributed by atoms with Gasteiger partial charge in [-0.1, -0.05) is 122 Å². The molecular formula is C39H77N2O6P. The van der Waals surface area contributed by atoms with Crippen LogP contribution in [0.3, 0.4) is 0 Å². The van der Waals surface area contributed by atoms with Crippen molar-refractivity contribution in [3.05, 3.63) is 24.3 Å². The van der Waals surface area contributed by atoms with E-state index in [1.54, 1.807) is 0 Å². The Morgan fingerprint density at radius 2 is 1.15 bits per heavy atom. The molecule has 284 valence electrons. The van der Waals surface area contributed by atoms with E-state index < -0.39 is 20.0 Å². The topological polar surface area (TPSA) is 108 Å². The van der Waals surface area contributed by atoms with Crippen molar-refractivity contribution in [2.24, 2.45) is 0 Å². The van der Waals surface area contributed by atoms with E-state index in [4.69, 9.17) is 9.05 Å². The van der Waals surface area contributed by atoms with Crippen molar-refractivity contribution in [3.63, 3.8) is 0 Å². The Bertz CT molecular complexity index is 845. The largest absolute Gasteiger partial charge is 0.756 e. The molecule has 0 saturated heterocycles. The van der Waals surface area contributed by atoms with Crippen LogP contribution in [0.4, 0.5) is 0 Å². The number of amides is 1. The Morgan fingerprint density at radius 1 is 0.708 bits per heavy atom. The Morgan fingerprint density at radius 3 is 1.62 bits per heavy atom. The maximum Gasteiger partial charge on any atom is 0.268 e. The summed E-state index contributed by atoms with van der Waals surface area (Å²) in [6, 6.07) is -0.816. The zero-order valence-corrected chi connectivity index (χ0v) is 32.8. The zero-order valence-electron chi connectivity index (χ0n) is 31.9. The van der Waals surface area contributed by atoms with Crippen molar-refractivity contribution in [2.75, 3.05) is 40.9 Å². The highest BCUT2D eigenvalue weighted by Crippen LogP contribution is 2.38. The van der Waals surface area contributed by atoms with Crippen LogP contribution in [-0.4, -0.2) is 68.5 Å². The van der Waals surface area contributed by atoms with Gasteiger partial charge in [-0.2, -0.15) is 0 Å². The number of aliphatic hydroxyl groups excluding tert-OH is 1. The van der Waals surface area contributed by atoms with E-state index in [1.165, 1.54) is 83.5 Å². The number of carbonyl (C=O) groups is 1. The van der Waals surface area contributed by atoms with Gasteiger partial charge in [0.15, 0.2) is 0 Å². The molecule has 1 unspecified atom stereocenters. The van der Waals surface area contributed by atoms with Gasteiger partial charge >= 0.3 is 0 Å². The first kappa shape index (κ1) is 47.0. The minimum absolute atomic E-state index is 0.00560. The lowest BCUT2D eigenvalue weighted by molar-refractivity contribution is -0.870. The highest BCUT2D eigenvalue weighted by molar-refractivity contribution is 7.45. The lowest BCUT2D eigenvalue weighted by atomic mass is 10.0. The zero-order chi connectivity index (χ0) is 35.8. The van der Waals surface area contributed by atoms with E-state index in [0.717, 1.165) is 57.8 Å². The molecular weight excluding hydrogens is 623 g/mol. The third kappa shape index (κ3) is 33.5. The summed E-state index contributed by atoms with van der Waals surface area (Å²) in [5.41, 5.74) is 0. The van der Waals surface area contributed by atoms with Gasteiger partial charge in [-0.05, 0) is 64.2 Å². The lowest BCUT2D eigenvalue weighted by Crippen LogP contribution is -2.46. The smallest absolute Gasteiger partial charge is 0.268 e. The monoisotopic (exact) mass is 701 g/mol. The van der Waals surface area contributed by atoms with Crippen molar-refractivity contribution in [2.45, 2.75) is 180 Å². The minimum atomic E-state index is -4.56. The molecule has 0 bridgehead atoms. The van der Waals surface area contributed by atoms with Crippen LogP contribution >= 0.6 is 7.82 Å². The number of carbonyl (C=O) groups excluding carboxylic acids is 1. The van der Waals surface area contributed by atoms with Gasteiger partial charge in [-0.3, -0.25) is 9.36 Å². The summed E-state index contributed by atoms with van der Waals surface area (Å²) in [7, 11) is 1.28. The van der Waals surface area contributed by atoms with Gasteiger partial charge in [0.25, 0.3) is 7.82 Å². The molecule has 0 aromatic heterocycles. The fraction of sp³-hybridized carbons (Fsp3) is 0.872. The third-order valence-electron chi connectivity index (χ3n) is 8.66. The lowest BCUT2D eigenvalue weighted by Gasteiger charge is -2.30. The summed E-state index contributed by atoms with van der Waals surface area (Å²) in [4.78, 5) is 25.2. The van der Waals surface area contributed by atoms with Gasteiger partial charge in [-0.15, -0.1) is 0 Å².